The van der Waals surface area contributed by atoms with Crippen molar-refractivity contribution < 1.29 is 13.3 Å². The lowest BCUT2D eigenvalue weighted by molar-refractivity contribution is -0.384. The van der Waals surface area contributed by atoms with E-state index in [-0.39, 0.29) is 16.0 Å². The van der Waals surface area contributed by atoms with Crippen LogP contribution in [0.5, 0.6) is 0 Å². The number of nitrogens with zero attached hydrogens (tertiary/aromatic N) is 1. The zero-order valence-corrected chi connectivity index (χ0v) is 12.6. The third-order valence-electron chi connectivity index (χ3n) is 3.18. The van der Waals surface area contributed by atoms with E-state index < -0.39 is 25.7 Å². The molecule has 0 aromatic heterocycles. The van der Waals surface area contributed by atoms with E-state index in [0.29, 0.717) is 0 Å². The minimum Gasteiger partial charge on any atom is -0.258 e. The highest BCUT2D eigenvalue weighted by atomic mass is 35.5. The molecular weight excluding hydrogens is 327 g/mol. The molecule has 0 spiro atoms. The van der Waals surface area contributed by atoms with Gasteiger partial charge in [-0.1, -0.05) is 36.0 Å². The summed E-state index contributed by atoms with van der Waals surface area (Å²) in [5.74, 6) is 0. The molecule has 1 aliphatic carbocycles. The molecule has 0 unspecified atom stereocenters. The first-order valence-electron chi connectivity index (χ1n) is 5.97. The van der Waals surface area contributed by atoms with Gasteiger partial charge in [-0.3, -0.25) is 10.1 Å². The summed E-state index contributed by atoms with van der Waals surface area (Å²) >= 11 is 11.5. The van der Waals surface area contributed by atoms with Crippen LogP contribution in [0, 0.1) is 10.1 Å². The molecule has 2 rings (SSSR count). The zero-order valence-electron chi connectivity index (χ0n) is 10.3. The molecule has 1 aromatic rings. The van der Waals surface area contributed by atoms with Crippen LogP contribution in [-0.2, 0) is 10.0 Å². The maximum Gasteiger partial charge on any atom is 0.307 e. The second-order valence-corrected chi connectivity index (χ2v) is 7.04. The molecule has 110 valence electrons. The van der Waals surface area contributed by atoms with Gasteiger partial charge >= 0.3 is 5.69 Å². The van der Waals surface area contributed by atoms with Crippen molar-refractivity contribution in [3.63, 3.8) is 0 Å². The summed E-state index contributed by atoms with van der Waals surface area (Å²) in [6.07, 6.45) is 3.43. The third kappa shape index (κ3) is 3.06. The summed E-state index contributed by atoms with van der Waals surface area (Å²) in [5, 5.41) is 10.2. The van der Waals surface area contributed by atoms with Crippen molar-refractivity contribution in [3.8, 4) is 0 Å². The molecule has 1 aromatic carbocycles. The Kier molecular flexibility index (Phi) is 4.53. The molecule has 1 fully saturated rings. The predicted octanol–water partition coefficient (Wildman–Crippen LogP) is 3.12. The van der Waals surface area contributed by atoms with Gasteiger partial charge in [0.2, 0.25) is 10.0 Å². The Labute approximate surface area is 126 Å². The number of benzene rings is 1. The maximum atomic E-state index is 12.2. The van der Waals surface area contributed by atoms with Crippen LogP contribution in [0.2, 0.25) is 10.0 Å². The number of nitro benzene ring substituents is 1. The summed E-state index contributed by atoms with van der Waals surface area (Å²) in [6.45, 7) is 0. The molecule has 1 N–H and O–H groups in total. The van der Waals surface area contributed by atoms with Crippen molar-refractivity contribution in [2.45, 2.75) is 36.6 Å². The molecule has 0 saturated heterocycles. The van der Waals surface area contributed by atoms with Gasteiger partial charge in [-0.25, -0.2) is 13.1 Å². The van der Waals surface area contributed by atoms with E-state index in [1.807, 2.05) is 0 Å². The summed E-state index contributed by atoms with van der Waals surface area (Å²) < 4.78 is 27.0. The summed E-state index contributed by atoms with van der Waals surface area (Å²) in [6, 6.07) is 2.19. The molecule has 0 radical (unpaired) electrons. The Bertz CT molecular complexity index is 642. The fourth-order valence-corrected chi connectivity index (χ4v) is 4.42. The Morgan fingerprint density at radius 2 is 1.85 bits per heavy atom. The van der Waals surface area contributed by atoms with Crippen LogP contribution in [0.15, 0.2) is 17.0 Å². The Hall–Kier alpha value is -0.890. The van der Waals surface area contributed by atoms with Gasteiger partial charge in [-0.15, -0.1) is 0 Å². The second-order valence-electron chi connectivity index (χ2n) is 4.57. The average Bonchev–Trinajstić information content (AvgIpc) is 2.79. The Morgan fingerprint density at radius 1 is 1.25 bits per heavy atom. The first-order valence-corrected chi connectivity index (χ1v) is 8.21. The molecule has 0 atom stereocenters. The average molecular weight is 339 g/mol. The van der Waals surface area contributed by atoms with Gasteiger partial charge in [0.1, 0.15) is 14.9 Å². The Morgan fingerprint density at radius 3 is 2.40 bits per heavy atom. The smallest absolute Gasteiger partial charge is 0.258 e. The molecule has 0 amide bonds. The number of nitro groups is 1. The number of halogens is 2. The van der Waals surface area contributed by atoms with Crippen molar-refractivity contribution in [1.82, 2.24) is 4.72 Å². The number of hydrogen-bond donors (Lipinski definition) is 1. The van der Waals surface area contributed by atoms with E-state index >= 15 is 0 Å². The van der Waals surface area contributed by atoms with Crippen molar-refractivity contribution in [3.05, 3.63) is 32.3 Å². The van der Waals surface area contributed by atoms with E-state index in [4.69, 9.17) is 23.2 Å². The third-order valence-corrected chi connectivity index (χ3v) is 5.54. The molecule has 9 heteroatoms. The summed E-state index contributed by atoms with van der Waals surface area (Å²) in [7, 11) is -3.89. The van der Waals surface area contributed by atoms with Crippen LogP contribution in [-0.4, -0.2) is 19.4 Å². The van der Waals surface area contributed by atoms with Gasteiger partial charge in [-0.2, -0.15) is 0 Å². The van der Waals surface area contributed by atoms with Gasteiger partial charge in [-0.05, 0) is 25.0 Å². The number of nitrogens with one attached hydrogen (secondary N) is 1. The lowest BCUT2D eigenvalue weighted by Gasteiger charge is -2.13. The first-order chi connectivity index (χ1) is 9.33. The number of rotatable bonds is 4. The Balaban J connectivity index is 2.41. The van der Waals surface area contributed by atoms with E-state index in [0.717, 1.165) is 31.7 Å². The van der Waals surface area contributed by atoms with Crippen LogP contribution in [0.1, 0.15) is 25.7 Å². The number of hydrogen-bond acceptors (Lipinski definition) is 4. The monoisotopic (exact) mass is 338 g/mol. The molecule has 0 bridgehead atoms. The van der Waals surface area contributed by atoms with Crippen molar-refractivity contribution in [1.29, 1.82) is 0 Å². The topological polar surface area (TPSA) is 89.3 Å². The van der Waals surface area contributed by atoms with Gasteiger partial charge in [0, 0.05) is 6.04 Å². The second kappa shape index (κ2) is 5.85. The van der Waals surface area contributed by atoms with Crippen LogP contribution in [0.4, 0.5) is 5.69 Å². The first kappa shape index (κ1) is 15.5. The maximum absolute atomic E-state index is 12.2. The molecule has 1 aliphatic rings. The van der Waals surface area contributed by atoms with Crippen molar-refractivity contribution >= 4 is 38.9 Å². The van der Waals surface area contributed by atoms with Crippen LogP contribution < -0.4 is 4.72 Å². The molecule has 0 aliphatic heterocycles. The van der Waals surface area contributed by atoms with Gasteiger partial charge in [0.05, 0.1) is 4.92 Å². The summed E-state index contributed by atoms with van der Waals surface area (Å²) in [5.41, 5.74) is -0.595. The van der Waals surface area contributed by atoms with E-state index in [9.17, 15) is 18.5 Å². The molecule has 1 saturated carbocycles. The van der Waals surface area contributed by atoms with E-state index in [1.165, 1.54) is 6.07 Å². The quantitative estimate of drug-likeness (QED) is 0.674. The van der Waals surface area contributed by atoms with Crippen molar-refractivity contribution in [2.75, 3.05) is 0 Å². The highest BCUT2D eigenvalue weighted by Crippen LogP contribution is 2.37. The SMILES string of the molecule is O=[N+]([O-])c1c(Cl)ccc(S(=O)(=O)NC2CCCC2)c1Cl. The fourth-order valence-electron chi connectivity index (χ4n) is 2.22. The minimum atomic E-state index is -3.89. The molecular formula is C11H12Cl2N2O4S. The minimum absolute atomic E-state index is 0.147. The largest absolute Gasteiger partial charge is 0.307 e. The molecule has 0 heterocycles. The van der Waals surface area contributed by atoms with E-state index in [1.54, 1.807) is 0 Å². The standard InChI is InChI=1S/C11H12Cl2N2O4S/c12-8-5-6-9(10(13)11(8)15(16)17)20(18,19)14-7-3-1-2-4-7/h5-7,14H,1-4H2. The highest BCUT2D eigenvalue weighted by molar-refractivity contribution is 7.89. The molecule has 6 nitrogen and oxygen atoms in total. The van der Waals surface area contributed by atoms with Crippen LogP contribution >= 0.6 is 23.2 Å². The molecule has 20 heavy (non-hydrogen) atoms. The van der Waals surface area contributed by atoms with Gasteiger partial charge in [0.15, 0.2) is 0 Å². The van der Waals surface area contributed by atoms with E-state index in [2.05, 4.69) is 4.72 Å². The number of sulfonamides is 1. The lowest BCUT2D eigenvalue weighted by atomic mass is 10.3. The van der Waals surface area contributed by atoms with Gasteiger partial charge in [0.25, 0.3) is 0 Å². The normalized spacial score (nSPS) is 16.5. The predicted molar refractivity (Wildman–Crippen MR) is 75.7 cm³/mol. The fraction of sp³-hybridized carbons (Fsp3) is 0.455. The van der Waals surface area contributed by atoms with Crippen molar-refractivity contribution in [2.24, 2.45) is 0 Å². The highest BCUT2D eigenvalue weighted by Gasteiger charge is 2.30. The van der Waals surface area contributed by atoms with Gasteiger partial charge < -0.3 is 0 Å². The zero-order chi connectivity index (χ0) is 14.9. The van der Waals surface area contributed by atoms with Crippen LogP contribution in [0.25, 0.3) is 0 Å². The van der Waals surface area contributed by atoms with Crippen LogP contribution in [0.3, 0.4) is 0 Å². The lowest BCUT2D eigenvalue weighted by Crippen LogP contribution is -2.32. The summed E-state index contributed by atoms with van der Waals surface area (Å²) in [4.78, 5) is 9.78.